The van der Waals surface area contributed by atoms with Crippen LogP contribution < -0.4 is 0 Å². The van der Waals surface area contributed by atoms with Gasteiger partial charge in [0, 0.05) is 22.8 Å². The largest absolute Gasteiger partial charge is 0.269 e. The molecule has 142 valence electrons. The Morgan fingerprint density at radius 2 is 1.68 bits per heavy atom. The molecule has 0 aliphatic rings. The van der Waals surface area contributed by atoms with Crippen LogP contribution in [-0.2, 0) is 10.0 Å². The Morgan fingerprint density at radius 1 is 0.964 bits per heavy atom. The van der Waals surface area contributed by atoms with E-state index in [0.29, 0.717) is 28.0 Å². The molecule has 3 heterocycles. The topological polar surface area (TPSA) is 77.7 Å². The van der Waals surface area contributed by atoms with Crippen molar-refractivity contribution < 1.29 is 8.42 Å². The lowest BCUT2D eigenvalue weighted by Gasteiger charge is -2.07. The van der Waals surface area contributed by atoms with Crippen LogP contribution in [0.15, 0.2) is 53.7 Å². The third-order valence-electron chi connectivity index (χ3n) is 4.31. The molecule has 0 N–H and O–H groups in total. The van der Waals surface area contributed by atoms with E-state index in [0.717, 1.165) is 9.54 Å². The first-order chi connectivity index (χ1) is 13.3. The van der Waals surface area contributed by atoms with Gasteiger partial charge >= 0.3 is 0 Å². The number of halogens is 2. The van der Waals surface area contributed by atoms with Crippen molar-refractivity contribution in [2.24, 2.45) is 0 Å². The maximum atomic E-state index is 13.3. The molecule has 4 rings (SSSR count). The van der Waals surface area contributed by atoms with E-state index in [2.05, 4.69) is 15.0 Å². The number of aromatic nitrogens is 4. The summed E-state index contributed by atoms with van der Waals surface area (Å²) in [7, 11) is -3.87. The first-order valence-electron chi connectivity index (χ1n) is 8.27. The van der Waals surface area contributed by atoms with E-state index in [-0.39, 0.29) is 15.2 Å². The Labute approximate surface area is 171 Å². The molecule has 1 aromatic carbocycles. The smallest absolute Gasteiger partial charge is 0.234 e. The first-order valence-corrected chi connectivity index (χ1v) is 10.5. The van der Waals surface area contributed by atoms with E-state index in [9.17, 15) is 8.42 Å². The molecule has 0 unspecified atom stereocenters. The normalized spacial score (nSPS) is 11.9. The van der Waals surface area contributed by atoms with Crippen molar-refractivity contribution in [1.82, 2.24) is 18.9 Å². The van der Waals surface area contributed by atoms with Crippen molar-refractivity contribution in [3.05, 3.63) is 70.4 Å². The molecule has 28 heavy (non-hydrogen) atoms. The molecule has 4 aromatic rings. The van der Waals surface area contributed by atoms with E-state index >= 15 is 0 Å². The highest BCUT2D eigenvalue weighted by atomic mass is 35.5. The molecule has 0 fully saturated rings. The number of hydrogen-bond donors (Lipinski definition) is 0. The molecule has 0 atom stereocenters. The van der Waals surface area contributed by atoms with Crippen LogP contribution in [0, 0.1) is 13.8 Å². The molecular formula is C19H14Cl2N4O2S. The van der Waals surface area contributed by atoms with Crippen molar-refractivity contribution in [2.45, 2.75) is 18.7 Å². The van der Waals surface area contributed by atoms with Crippen molar-refractivity contribution in [3.8, 4) is 11.3 Å². The summed E-state index contributed by atoms with van der Waals surface area (Å²) in [5.41, 5.74) is 2.79. The number of pyridine rings is 1. The second kappa shape index (κ2) is 6.84. The van der Waals surface area contributed by atoms with E-state index < -0.39 is 10.0 Å². The quantitative estimate of drug-likeness (QED) is 0.440. The number of fused-ring (bicyclic) bond motifs is 1. The van der Waals surface area contributed by atoms with E-state index in [1.165, 1.54) is 12.4 Å². The molecule has 0 aliphatic carbocycles. The molecule has 0 saturated carbocycles. The van der Waals surface area contributed by atoms with Crippen LogP contribution in [0.2, 0.25) is 10.3 Å². The highest BCUT2D eigenvalue weighted by Crippen LogP contribution is 2.35. The Bertz CT molecular complexity index is 1320. The minimum absolute atomic E-state index is 0.0155. The molecule has 3 aromatic heterocycles. The molecule has 0 spiro atoms. The predicted octanol–water partition coefficient (Wildman–Crippen LogP) is 4.65. The van der Waals surface area contributed by atoms with Gasteiger partial charge in [-0.25, -0.2) is 27.3 Å². The van der Waals surface area contributed by atoms with Gasteiger partial charge in [-0.15, -0.1) is 0 Å². The highest BCUT2D eigenvalue weighted by Gasteiger charge is 2.24. The van der Waals surface area contributed by atoms with Gasteiger partial charge in [0.05, 0.1) is 21.8 Å². The van der Waals surface area contributed by atoms with Crippen molar-refractivity contribution in [3.63, 3.8) is 0 Å². The Hall–Kier alpha value is -2.48. The monoisotopic (exact) mass is 432 g/mol. The summed E-state index contributed by atoms with van der Waals surface area (Å²) in [6, 6.07) is 10.2. The molecule has 0 amide bonds. The van der Waals surface area contributed by atoms with Crippen LogP contribution in [0.1, 0.15) is 11.3 Å². The zero-order valence-corrected chi connectivity index (χ0v) is 17.2. The summed E-state index contributed by atoms with van der Waals surface area (Å²) in [6.07, 6.45) is 2.85. The molecule has 0 saturated heterocycles. The van der Waals surface area contributed by atoms with Crippen molar-refractivity contribution >= 4 is 44.3 Å². The third-order valence-corrected chi connectivity index (χ3v) is 6.43. The SMILES string of the molecule is Cc1ccc(S(=O)(=O)n2cc(-c3nc(Cl)ncc3Cl)c3ccc(C)nc32)cc1. The van der Waals surface area contributed by atoms with E-state index in [4.69, 9.17) is 23.2 Å². The van der Waals surface area contributed by atoms with Crippen LogP contribution in [0.25, 0.3) is 22.3 Å². The van der Waals surface area contributed by atoms with Gasteiger partial charge in [0.25, 0.3) is 10.0 Å². The lowest BCUT2D eigenvalue weighted by Crippen LogP contribution is -2.12. The van der Waals surface area contributed by atoms with Crippen LogP contribution in [0.4, 0.5) is 0 Å². The summed E-state index contributed by atoms with van der Waals surface area (Å²) in [4.78, 5) is 12.6. The number of nitrogens with zero attached hydrogens (tertiary/aromatic N) is 4. The fraction of sp³-hybridized carbons (Fsp3) is 0.105. The van der Waals surface area contributed by atoms with E-state index in [1.807, 2.05) is 6.92 Å². The maximum Gasteiger partial charge on any atom is 0.269 e. The second-order valence-electron chi connectivity index (χ2n) is 6.32. The third kappa shape index (κ3) is 3.15. The van der Waals surface area contributed by atoms with Crippen molar-refractivity contribution in [1.29, 1.82) is 0 Å². The average molecular weight is 433 g/mol. The Balaban J connectivity index is 2.04. The summed E-state index contributed by atoms with van der Waals surface area (Å²) in [6.45, 7) is 3.69. The molecule has 0 radical (unpaired) electrons. The average Bonchev–Trinajstić information content (AvgIpc) is 3.03. The van der Waals surface area contributed by atoms with Crippen LogP contribution >= 0.6 is 23.2 Å². The standard InChI is InChI=1S/C19H14Cl2N4O2S/c1-11-3-6-13(7-4-11)28(26,27)25-10-15(14-8-5-12(2)23-18(14)25)17-16(20)9-22-19(21)24-17/h3-10H,1-2H3. The van der Waals surface area contributed by atoms with Gasteiger partial charge in [-0.3, -0.25) is 0 Å². The van der Waals surface area contributed by atoms with Gasteiger partial charge in [0.2, 0.25) is 5.28 Å². The fourth-order valence-corrected chi connectivity index (χ4v) is 4.54. The lowest BCUT2D eigenvalue weighted by atomic mass is 10.1. The lowest BCUT2D eigenvalue weighted by molar-refractivity contribution is 0.588. The second-order valence-corrected chi connectivity index (χ2v) is 8.88. The maximum absolute atomic E-state index is 13.3. The van der Waals surface area contributed by atoms with Crippen LogP contribution in [0.3, 0.4) is 0 Å². The highest BCUT2D eigenvalue weighted by molar-refractivity contribution is 7.90. The van der Waals surface area contributed by atoms with Crippen LogP contribution in [-0.4, -0.2) is 27.3 Å². The van der Waals surface area contributed by atoms with Gasteiger partial charge < -0.3 is 0 Å². The minimum atomic E-state index is -3.87. The number of benzene rings is 1. The molecule has 0 aliphatic heterocycles. The zero-order chi connectivity index (χ0) is 20.1. The van der Waals surface area contributed by atoms with Gasteiger partial charge in [-0.1, -0.05) is 29.3 Å². The molecule has 0 bridgehead atoms. The van der Waals surface area contributed by atoms with Crippen molar-refractivity contribution in [2.75, 3.05) is 0 Å². The van der Waals surface area contributed by atoms with Gasteiger partial charge in [-0.2, -0.15) is 0 Å². The summed E-state index contributed by atoms with van der Waals surface area (Å²) >= 11 is 12.2. The van der Waals surface area contributed by atoms with Gasteiger partial charge in [-0.05, 0) is 49.7 Å². The summed E-state index contributed by atoms with van der Waals surface area (Å²) in [5.74, 6) is 0. The summed E-state index contributed by atoms with van der Waals surface area (Å²) in [5, 5.41) is 0.872. The predicted molar refractivity (Wildman–Crippen MR) is 109 cm³/mol. The van der Waals surface area contributed by atoms with Crippen LogP contribution in [0.5, 0.6) is 0 Å². The fourth-order valence-electron chi connectivity index (χ4n) is 2.90. The Kier molecular flexibility index (Phi) is 4.61. The van der Waals surface area contributed by atoms with E-state index in [1.54, 1.807) is 43.3 Å². The number of rotatable bonds is 3. The Morgan fingerprint density at radius 3 is 2.39 bits per heavy atom. The minimum Gasteiger partial charge on any atom is -0.234 e. The first kappa shape index (κ1) is 18.9. The number of hydrogen-bond acceptors (Lipinski definition) is 5. The molecule has 9 heteroatoms. The summed E-state index contributed by atoms with van der Waals surface area (Å²) < 4.78 is 27.8. The molecule has 6 nitrogen and oxygen atoms in total. The molecular weight excluding hydrogens is 419 g/mol. The van der Waals surface area contributed by atoms with Gasteiger partial charge in [0.15, 0.2) is 5.65 Å². The number of aryl methyl sites for hydroxylation is 2. The van der Waals surface area contributed by atoms with Gasteiger partial charge in [0.1, 0.15) is 0 Å². The zero-order valence-electron chi connectivity index (χ0n) is 14.9.